The van der Waals surface area contributed by atoms with E-state index < -0.39 is 0 Å². The van der Waals surface area contributed by atoms with Crippen LogP contribution in [0.2, 0.25) is 0 Å². The monoisotopic (exact) mass is 267 g/mol. The molecule has 1 aliphatic rings. The van der Waals surface area contributed by atoms with Gasteiger partial charge in [0.05, 0.1) is 12.2 Å². The van der Waals surface area contributed by atoms with Crippen molar-refractivity contribution in [3.05, 3.63) is 48.3 Å². The van der Waals surface area contributed by atoms with E-state index in [9.17, 15) is 0 Å². The lowest BCUT2D eigenvalue weighted by molar-refractivity contribution is 0.203. The topological polar surface area (TPSA) is 38.9 Å². The summed E-state index contributed by atoms with van der Waals surface area (Å²) in [5.74, 6) is 0. The number of hydrogen-bond donors (Lipinski definition) is 0. The Hall–Kier alpha value is -2.14. The quantitative estimate of drug-likeness (QED) is 0.713. The van der Waals surface area contributed by atoms with Crippen molar-refractivity contribution >= 4 is 11.0 Å². The van der Waals surface area contributed by atoms with E-state index in [2.05, 4.69) is 44.2 Å². The molecule has 0 saturated heterocycles. The number of nitrogens with zero attached hydrogens (tertiary/aromatic N) is 5. The lowest BCUT2D eigenvalue weighted by Gasteiger charge is -2.19. The second kappa shape index (κ2) is 4.76. The van der Waals surface area contributed by atoms with Gasteiger partial charge in [-0.05, 0) is 30.7 Å². The van der Waals surface area contributed by atoms with Gasteiger partial charge >= 0.3 is 0 Å². The highest BCUT2D eigenvalue weighted by molar-refractivity contribution is 5.73. The standard InChI is InChI=1S/C15H17N5/c1-2-7-15-14(6-1)16-17-20(15)12-18-8-4-10-19-9-3-5-13(19)11-18/h1-3,5-7,9H,4,8,10-12H2. The number of hydrogen-bond acceptors (Lipinski definition) is 3. The van der Waals surface area contributed by atoms with Gasteiger partial charge in [-0.15, -0.1) is 5.10 Å². The molecule has 20 heavy (non-hydrogen) atoms. The Morgan fingerprint density at radius 1 is 1.05 bits per heavy atom. The molecule has 0 unspecified atom stereocenters. The lowest BCUT2D eigenvalue weighted by Crippen LogP contribution is -2.26. The SMILES string of the molecule is c1ccc2c(c1)nnn2CN1CCCn2cccc2C1. The summed E-state index contributed by atoms with van der Waals surface area (Å²) in [4.78, 5) is 2.43. The van der Waals surface area contributed by atoms with Gasteiger partial charge in [0.2, 0.25) is 0 Å². The molecule has 3 aromatic rings. The van der Waals surface area contributed by atoms with Crippen LogP contribution in [0, 0.1) is 0 Å². The van der Waals surface area contributed by atoms with Gasteiger partial charge in [-0.2, -0.15) is 0 Å². The first-order chi connectivity index (χ1) is 9.90. The summed E-state index contributed by atoms with van der Waals surface area (Å²) in [5.41, 5.74) is 3.45. The van der Waals surface area contributed by atoms with Crippen LogP contribution < -0.4 is 0 Å². The number of rotatable bonds is 2. The maximum absolute atomic E-state index is 4.28. The Morgan fingerprint density at radius 3 is 3.00 bits per heavy atom. The largest absolute Gasteiger partial charge is 0.350 e. The summed E-state index contributed by atoms with van der Waals surface area (Å²) in [7, 11) is 0. The van der Waals surface area contributed by atoms with E-state index >= 15 is 0 Å². The first-order valence-electron chi connectivity index (χ1n) is 7.05. The molecule has 0 spiro atoms. The van der Waals surface area contributed by atoms with Crippen LogP contribution in [-0.4, -0.2) is 31.0 Å². The summed E-state index contributed by atoms with van der Waals surface area (Å²) >= 11 is 0. The van der Waals surface area contributed by atoms with E-state index in [0.717, 1.165) is 37.3 Å². The van der Waals surface area contributed by atoms with Crippen molar-refractivity contribution in [1.29, 1.82) is 0 Å². The van der Waals surface area contributed by atoms with Crippen molar-refractivity contribution in [2.75, 3.05) is 6.54 Å². The molecule has 1 aliphatic heterocycles. The van der Waals surface area contributed by atoms with E-state index in [1.165, 1.54) is 12.1 Å². The molecule has 0 atom stereocenters. The minimum absolute atomic E-state index is 0.797. The molecule has 4 rings (SSSR count). The zero-order chi connectivity index (χ0) is 13.4. The fourth-order valence-corrected chi connectivity index (χ4v) is 2.92. The van der Waals surface area contributed by atoms with Crippen molar-refractivity contribution in [2.24, 2.45) is 0 Å². The Kier molecular flexibility index (Phi) is 2.77. The van der Waals surface area contributed by atoms with Gasteiger partial charge in [0.1, 0.15) is 5.52 Å². The molecule has 0 saturated carbocycles. The Balaban J connectivity index is 1.60. The molecule has 2 aromatic heterocycles. The third-order valence-electron chi connectivity index (χ3n) is 3.94. The van der Waals surface area contributed by atoms with E-state index in [1.54, 1.807) is 0 Å². The van der Waals surface area contributed by atoms with Gasteiger partial charge in [-0.3, -0.25) is 4.90 Å². The van der Waals surface area contributed by atoms with Crippen LogP contribution in [0.1, 0.15) is 12.1 Å². The summed E-state index contributed by atoms with van der Waals surface area (Å²) in [6.07, 6.45) is 3.35. The van der Waals surface area contributed by atoms with Crippen LogP contribution in [0.3, 0.4) is 0 Å². The minimum atomic E-state index is 0.797. The van der Waals surface area contributed by atoms with E-state index in [0.29, 0.717) is 0 Å². The summed E-state index contributed by atoms with van der Waals surface area (Å²) in [6, 6.07) is 12.5. The van der Waals surface area contributed by atoms with Crippen LogP contribution in [0.4, 0.5) is 0 Å². The smallest absolute Gasteiger partial charge is 0.113 e. The second-order valence-corrected chi connectivity index (χ2v) is 5.32. The van der Waals surface area contributed by atoms with Crippen LogP contribution in [-0.2, 0) is 19.8 Å². The van der Waals surface area contributed by atoms with Crippen LogP contribution in [0.5, 0.6) is 0 Å². The molecule has 0 bridgehead atoms. The number of aromatic nitrogens is 4. The van der Waals surface area contributed by atoms with Crippen molar-refractivity contribution in [2.45, 2.75) is 26.2 Å². The lowest BCUT2D eigenvalue weighted by atomic mass is 10.3. The predicted molar refractivity (Wildman–Crippen MR) is 77.0 cm³/mol. The van der Waals surface area contributed by atoms with Crippen LogP contribution in [0.15, 0.2) is 42.6 Å². The predicted octanol–water partition coefficient (Wildman–Crippen LogP) is 2.10. The van der Waals surface area contributed by atoms with Gasteiger partial charge in [-0.25, -0.2) is 4.68 Å². The van der Waals surface area contributed by atoms with Gasteiger partial charge < -0.3 is 4.57 Å². The van der Waals surface area contributed by atoms with Crippen LogP contribution in [0.25, 0.3) is 11.0 Å². The Labute approximate surface area is 117 Å². The second-order valence-electron chi connectivity index (χ2n) is 5.32. The molecule has 1 aromatic carbocycles. The van der Waals surface area contributed by atoms with Gasteiger partial charge in [-0.1, -0.05) is 17.3 Å². The minimum Gasteiger partial charge on any atom is -0.350 e. The normalized spacial score (nSPS) is 16.2. The summed E-state index contributed by atoms with van der Waals surface area (Å²) in [6.45, 7) is 3.97. The highest BCUT2D eigenvalue weighted by Gasteiger charge is 2.15. The molecular weight excluding hydrogens is 250 g/mol. The van der Waals surface area contributed by atoms with Gasteiger partial charge in [0, 0.05) is 31.5 Å². The maximum atomic E-state index is 4.28. The molecule has 5 heteroatoms. The van der Waals surface area contributed by atoms with E-state index in [1.807, 2.05) is 22.9 Å². The molecule has 0 aliphatic carbocycles. The molecule has 5 nitrogen and oxygen atoms in total. The summed E-state index contributed by atoms with van der Waals surface area (Å²) < 4.78 is 4.34. The van der Waals surface area contributed by atoms with Crippen LogP contribution >= 0.6 is 0 Å². The molecule has 0 amide bonds. The third-order valence-corrected chi connectivity index (χ3v) is 3.94. The fraction of sp³-hybridized carbons (Fsp3) is 0.333. The number of para-hydroxylation sites is 1. The van der Waals surface area contributed by atoms with Gasteiger partial charge in [0.15, 0.2) is 0 Å². The zero-order valence-electron chi connectivity index (χ0n) is 11.3. The molecule has 0 radical (unpaired) electrons. The van der Waals surface area contributed by atoms with Crippen molar-refractivity contribution in [3.63, 3.8) is 0 Å². The Bertz CT molecular complexity index is 727. The third kappa shape index (κ3) is 2.00. The highest BCUT2D eigenvalue weighted by Crippen LogP contribution is 2.15. The zero-order valence-corrected chi connectivity index (χ0v) is 11.3. The van der Waals surface area contributed by atoms with Crippen molar-refractivity contribution < 1.29 is 0 Å². The van der Waals surface area contributed by atoms with Crippen molar-refractivity contribution in [1.82, 2.24) is 24.5 Å². The summed E-state index contributed by atoms with van der Waals surface area (Å²) in [5, 5.41) is 8.50. The van der Waals surface area contributed by atoms with E-state index in [4.69, 9.17) is 0 Å². The highest BCUT2D eigenvalue weighted by atomic mass is 15.5. The van der Waals surface area contributed by atoms with Gasteiger partial charge in [0.25, 0.3) is 0 Å². The molecule has 0 N–H and O–H groups in total. The average Bonchev–Trinajstić information content (AvgIpc) is 3.03. The average molecular weight is 267 g/mol. The number of benzene rings is 1. The fourth-order valence-electron chi connectivity index (χ4n) is 2.92. The number of aryl methyl sites for hydroxylation is 1. The van der Waals surface area contributed by atoms with Crippen molar-refractivity contribution in [3.8, 4) is 0 Å². The first-order valence-corrected chi connectivity index (χ1v) is 7.05. The molecular formula is C15H17N5. The first kappa shape index (κ1) is 11.7. The molecule has 0 fully saturated rings. The number of fused-ring (bicyclic) bond motifs is 2. The molecule has 102 valence electrons. The molecule has 3 heterocycles. The Morgan fingerprint density at radius 2 is 2.00 bits per heavy atom. The maximum Gasteiger partial charge on any atom is 0.113 e. The van der Waals surface area contributed by atoms with E-state index in [-0.39, 0.29) is 0 Å².